The number of nitrogens with one attached hydrogen (secondary N) is 1. The lowest BCUT2D eigenvalue weighted by Crippen LogP contribution is -2.22. The minimum absolute atomic E-state index is 0.252. The van der Waals surface area contributed by atoms with Gasteiger partial charge in [0.15, 0.2) is 0 Å². The number of allylic oxidation sites excluding steroid dienone is 5. The first-order valence-corrected chi connectivity index (χ1v) is 4.41. The van der Waals surface area contributed by atoms with Crippen LogP contribution in [0.25, 0.3) is 0 Å². The molecule has 0 fully saturated rings. The number of carbonyl (C=O) groups is 1. The topological polar surface area (TPSA) is 29.1 Å². The molecule has 0 aromatic heterocycles. The van der Waals surface area contributed by atoms with Crippen molar-refractivity contribution in [2.45, 2.75) is 0 Å². The molecule has 0 radical (unpaired) electrons. The Kier molecular flexibility index (Phi) is 6.31. The van der Waals surface area contributed by atoms with Crippen LogP contribution in [0.3, 0.4) is 0 Å². The quantitative estimate of drug-likeness (QED) is 0.519. The second kappa shape index (κ2) is 7.33. The predicted molar refractivity (Wildman–Crippen MR) is 65.1 cm³/mol. The first-order valence-electron chi connectivity index (χ1n) is 4.41. The molecule has 15 heavy (non-hydrogen) atoms. The number of hydrogen-bond acceptors (Lipinski definition) is 1. The lowest BCUT2D eigenvalue weighted by atomic mass is 10.2. The SMILES string of the molecule is C=C/C=C(\C=C)NC(=O)/C(C=C)=C/C=C. The fraction of sp³-hybridized carbons (Fsp3) is 0. The molecule has 0 atom stereocenters. The second-order valence-corrected chi connectivity index (χ2v) is 2.58. The molecular formula is C13H15NO. The molecule has 0 saturated heterocycles. The molecule has 0 aliphatic carbocycles. The maximum Gasteiger partial charge on any atom is 0.255 e. The molecule has 0 saturated carbocycles. The fourth-order valence-electron chi connectivity index (χ4n) is 0.854. The average Bonchev–Trinajstić information content (AvgIpc) is 2.24. The van der Waals surface area contributed by atoms with Crippen LogP contribution >= 0.6 is 0 Å². The molecule has 0 aliphatic heterocycles. The van der Waals surface area contributed by atoms with Crippen molar-refractivity contribution in [2.24, 2.45) is 0 Å². The highest BCUT2D eigenvalue weighted by Crippen LogP contribution is 1.99. The minimum atomic E-state index is -0.252. The van der Waals surface area contributed by atoms with Gasteiger partial charge in [-0.25, -0.2) is 0 Å². The molecule has 0 heterocycles. The maximum absolute atomic E-state index is 11.6. The van der Waals surface area contributed by atoms with Crippen LogP contribution in [0.2, 0.25) is 0 Å². The first kappa shape index (κ1) is 12.9. The van der Waals surface area contributed by atoms with E-state index in [0.29, 0.717) is 11.3 Å². The lowest BCUT2D eigenvalue weighted by Gasteiger charge is -2.05. The molecule has 0 aromatic rings. The van der Waals surface area contributed by atoms with Crippen LogP contribution in [-0.4, -0.2) is 5.91 Å². The molecule has 0 aliphatic rings. The van der Waals surface area contributed by atoms with Gasteiger partial charge < -0.3 is 5.32 Å². The Bertz CT molecular complexity index is 346. The Morgan fingerprint density at radius 3 is 1.93 bits per heavy atom. The van der Waals surface area contributed by atoms with Crippen LogP contribution in [0.4, 0.5) is 0 Å². The van der Waals surface area contributed by atoms with Crippen LogP contribution in [0.5, 0.6) is 0 Å². The Hall–Kier alpha value is -2.09. The second-order valence-electron chi connectivity index (χ2n) is 2.58. The van der Waals surface area contributed by atoms with E-state index < -0.39 is 0 Å². The molecular weight excluding hydrogens is 186 g/mol. The molecule has 2 nitrogen and oxygen atoms in total. The van der Waals surface area contributed by atoms with E-state index in [9.17, 15) is 4.79 Å². The number of hydrogen-bond donors (Lipinski definition) is 1. The summed E-state index contributed by atoms with van der Waals surface area (Å²) in [6.45, 7) is 14.1. The Morgan fingerprint density at radius 2 is 1.53 bits per heavy atom. The van der Waals surface area contributed by atoms with Crippen LogP contribution in [-0.2, 0) is 4.79 Å². The van der Waals surface area contributed by atoms with Gasteiger partial charge in [-0.05, 0) is 12.2 Å². The smallest absolute Gasteiger partial charge is 0.255 e. The molecule has 2 heteroatoms. The van der Waals surface area contributed by atoms with Crippen LogP contribution in [0, 0.1) is 0 Å². The molecule has 0 aromatic carbocycles. The van der Waals surface area contributed by atoms with E-state index in [1.54, 1.807) is 18.2 Å². The van der Waals surface area contributed by atoms with E-state index in [4.69, 9.17) is 0 Å². The molecule has 78 valence electrons. The van der Waals surface area contributed by atoms with Gasteiger partial charge in [0, 0.05) is 11.3 Å². The van der Waals surface area contributed by atoms with E-state index in [1.165, 1.54) is 18.2 Å². The zero-order chi connectivity index (χ0) is 11.7. The van der Waals surface area contributed by atoms with E-state index in [-0.39, 0.29) is 5.91 Å². The summed E-state index contributed by atoms with van der Waals surface area (Å²) < 4.78 is 0. The fourth-order valence-corrected chi connectivity index (χ4v) is 0.854. The zero-order valence-corrected chi connectivity index (χ0v) is 8.70. The van der Waals surface area contributed by atoms with Crippen molar-refractivity contribution < 1.29 is 4.79 Å². The Balaban J connectivity index is 4.73. The minimum Gasteiger partial charge on any atom is -0.322 e. The standard InChI is InChI=1S/C13H15NO/c1-5-9-11(7-3)13(15)14-12(8-4)10-6-2/h5-10H,1-4H2,(H,14,15)/b11-9+,12-10+. The molecule has 0 bridgehead atoms. The number of rotatable bonds is 6. The van der Waals surface area contributed by atoms with E-state index in [0.717, 1.165) is 0 Å². The Morgan fingerprint density at radius 1 is 0.933 bits per heavy atom. The summed E-state index contributed by atoms with van der Waals surface area (Å²) in [7, 11) is 0. The van der Waals surface area contributed by atoms with Gasteiger partial charge in [0.2, 0.25) is 0 Å². The summed E-state index contributed by atoms with van der Waals surface area (Å²) in [6.07, 6.45) is 9.33. The van der Waals surface area contributed by atoms with Crippen LogP contribution in [0.15, 0.2) is 74.0 Å². The normalized spacial score (nSPS) is 11.5. The van der Waals surface area contributed by atoms with Gasteiger partial charge in [-0.15, -0.1) is 0 Å². The summed E-state index contributed by atoms with van der Waals surface area (Å²) >= 11 is 0. The van der Waals surface area contributed by atoms with Crippen molar-refractivity contribution in [3.05, 3.63) is 74.0 Å². The molecule has 1 N–H and O–H groups in total. The molecule has 0 unspecified atom stereocenters. The molecule has 1 amide bonds. The highest BCUT2D eigenvalue weighted by atomic mass is 16.1. The predicted octanol–water partition coefficient (Wildman–Crippen LogP) is 2.66. The van der Waals surface area contributed by atoms with Crippen LogP contribution in [0.1, 0.15) is 0 Å². The van der Waals surface area contributed by atoms with Gasteiger partial charge in [0.1, 0.15) is 0 Å². The largest absolute Gasteiger partial charge is 0.322 e. The highest BCUT2D eigenvalue weighted by Gasteiger charge is 2.04. The number of amides is 1. The maximum atomic E-state index is 11.6. The van der Waals surface area contributed by atoms with Gasteiger partial charge in [0.25, 0.3) is 5.91 Å². The van der Waals surface area contributed by atoms with Crippen LogP contribution < -0.4 is 5.32 Å². The van der Waals surface area contributed by atoms with Crippen molar-refractivity contribution in [3.8, 4) is 0 Å². The van der Waals surface area contributed by atoms with Crippen molar-refractivity contribution in [1.82, 2.24) is 5.32 Å². The summed E-state index contributed by atoms with van der Waals surface area (Å²) in [5.41, 5.74) is 1.04. The summed E-state index contributed by atoms with van der Waals surface area (Å²) in [5, 5.41) is 2.65. The van der Waals surface area contributed by atoms with Gasteiger partial charge in [-0.2, -0.15) is 0 Å². The van der Waals surface area contributed by atoms with Gasteiger partial charge >= 0.3 is 0 Å². The van der Waals surface area contributed by atoms with E-state index in [2.05, 4.69) is 31.6 Å². The molecule has 0 spiro atoms. The van der Waals surface area contributed by atoms with Crippen molar-refractivity contribution in [3.63, 3.8) is 0 Å². The Labute approximate surface area is 90.7 Å². The summed E-state index contributed by atoms with van der Waals surface area (Å²) in [6, 6.07) is 0. The van der Waals surface area contributed by atoms with Crippen molar-refractivity contribution in [2.75, 3.05) is 0 Å². The zero-order valence-electron chi connectivity index (χ0n) is 8.70. The van der Waals surface area contributed by atoms with E-state index >= 15 is 0 Å². The highest BCUT2D eigenvalue weighted by molar-refractivity contribution is 5.97. The van der Waals surface area contributed by atoms with Gasteiger partial charge in [-0.1, -0.05) is 50.6 Å². The monoisotopic (exact) mass is 201 g/mol. The average molecular weight is 201 g/mol. The lowest BCUT2D eigenvalue weighted by molar-refractivity contribution is -0.116. The molecule has 0 rings (SSSR count). The van der Waals surface area contributed by atoms with E-state index in [1.807, 2.05) is 0 Å². The third-order valence-electron chi connectivity index (χ3n) is 1.55. The third kappa shape index (κ3) is 4.62. The van der Waals surface area contributed by atoms with Crippen molar-refractivity contribution in [1.29, 1.82) is 0 Å². The summed E-state index contributed by atoms with van der Waals surface area (Å²) in [5.74, 6) is -0.252. The van der Waals surface area contributed by atoms with Crippen molar-refractivity contribution >= 4 is 5.91 Å². The van der Waals surface area contributed by atoms with Gasteiger partial charge in [-0.3, -0.25) is 4.79 Å². The number of carbonyl (C=O) groups excluding carboxylic acids is 1. The summed E-state index contributed by atoms with van der Waals surface area (Å²) in [4.78, 5) is 11.6. The third-order valence-corrected chi connectivity index (χ3v) is 1.55. The van der Waals surface area contributed by atoms with Gasteiger partial charge in [0.05, 0.1) is 0 Å². The first-order chi connectivity index (χ1) is 7.19.